The largest absolute Gasteiger partial charge is 0.397 e. The smallest absolute Gasteiger partial charge is 0.242 e. The summed E-state index contributed by atoms with van der Waals surface area (Å²) in [6.07, 6.45) is 1.09. The van der Waals surface area contributed by atoms with Crippen LogP contribution in [-0.4, -0.2) is 49.7 Å². The van der Waals surface area contributed by atoms with Gasteiger partial charge < -0.3 is 20.3 Å². The van der Waals surface area contributed by atoms with Crippen LogP contribution in [-0.2, 0) is 16.0 Å². The minimum absolute atomic E-state index is 0.128. The number of hydrogen-bond acceptors (Lipinski definition) is 4. The molecule has 2 heterocycles. The van der Waals surface area contributed by atoms with Gasteiger partial charge in [-0.25, -0.2) is 0 Å². The van der Waals surface area contributed by atoms with Crippen molar-refractivity contribution in [1.29, 1.82) is 0 Å². The third-order valence-electron chi connectivity index (χ3n) is 4.04. The molecular weight excluding hydrogens is 254 g/mol. The van der Waals surface area contributed by atoms with E-state index in [9.17, 15) is 4.79 Å². The Kier molecular flexibility index (Phi) is 3.53. The number of carbonyl (C=O) groups is 1. The summed E-state index contributed by atoms with van der Waals surface area (Å²) in [5, 5.41) is 0. The second-order valence-corrected chi connectivity index (χ2v) is 5.55. The third kappa shape index (κ3) is 2.45. The van der Waals surface area contributed by atoms with Crippen LogP contribution >= 0.6 is 0 Å². The van der Waals surface area contributed by atoms with Crippen LogP contribution in [0.15, 0.2) is 18.2 Å². The van der Waals surface area contributed by atoms with Gasteiger partial charge in [-0.15, -0.1) is 0 Å². The second-order valence-electron chi connectivity index (χ2n) is 5.55. The van der Waals surface area contributed by atoms with Gasteiger partial charge in [-0.2, -0.15) is 0 Å². The molecule has 2 aliphatic heterocycles. The van der Waals surface area contributed by atoms with E-state index in [-0.39, 0.29) is 12.0 Å². The molecule has 3 rings (SSSR count). The SMILES string of the molecule is CC1CN(C(=O)CN2CCc3cccc(N)c32)CCO1. The van der Waals surface area contributed by atoms with E-state index in [4.69, 9.17) is 10.5 Å². The summed E-state index contributed by atoms with van der Waals surface area (Å²) in [5.74, 6) is 0.163. The molecule has 1 fully saturated rings. The predicted octanol–water partition coefficient (Wildman–Crippen LogP) is 0.879. The molecule has 1 saturated heterocycles. The lowest BCUT2D eigenvalue weighted by atomic mass is 10.1. The van der Waals surface area contributed by atoms with E-state index in [1.165, 1.54) is 5.56 Å². The number of fused-ring (bicyclic) bond motifs is 1. The molecular formula is C15H21N3O2. The van der Waals surface area contributed by atoms with Gasteiger partial charge in [0, 0.05) is 19.6 Å². The van der Waals surface area contributed by atoms with Gasteiger partial charge in [-0.05, 0) is 25.0 Å². The van der Waals surface area contributed by atoms with Gasteiger partial charge >= 0.3 is 0 Å². The lowest BCUT2D eigenvalue weighted by Gasteiger charge is -2.33. The van der Waals surface area contributed by atoms with E-state index in [1.54, 1.807) is 0 Å². The number of nitrogen functional groups attached to an aromatic ring is 1. The molecule has 0 bridgehead atoms. The molecule has 108 valence electrons. The van der Waals surface area contributed by atoms with Gasteiger partial charge in [0.05, 0.1) is 30.6 Å². The fourth-order valence-electron chi connectivity index (χ4n) is 3.03. The number of nitrogens with zero attached hydrogens (tertiary/aromatic N) is 2. The van der Waals surface area contributed by atoms with Crippen LogP contribution in [0.4, 0.5) is 11.4 Å². The van der Waals surface area contributed by atoms with E-state index in [1.807, 2.05) is 24.0 Å². The first-order valence-electron chi connectivity index (χ1n) is 7.17. The second kappa shape index (κ2) is 5.32. The normalized spacial score (nSPS) is 21.9. The van der Waals surface area contributed by atoms with Crippen molar-refractivity contribution >= 4 is 17.3 Å². The zero-order valence-corrected chi connectivity index (χ0v) is 11.8. The Balaban J connectivity index is 1.69. The third-order valence-corrected chi connectivity index (χ3v) is 4.04. The van der Waals surface area contributed by atoms with E-state index in [0.717, 1.165) is 24.3 Å². The van der Waals surface area contributed by atoms with Crippen LogP contribution in [0.1, 0.15) is 12.5 Å². The topological polar surface area (TPSA) is 58.8 Å². The molecule has 1 aromatic rings. The fraction of sp³-hybridized carbons (Fsp3) is 0.533. The number of morpholine rings is 1. The van der Waals surface area contributed by atoms with Gasteiger partial charge in [-0.1, -0.05) is 12.1 Å². The van der Waals surface area contributed by atoms with Crippen molar-refractivity contribution in [3.05, 3.63) is 23.8 Å². The molecule has 0 radical (unpaired) electrons. The summed E-state index contributed by atoms with van der Waals surface area (Å²) in [6.45, 7) is 5.29. The Labute approximate surface area is 119 Å². The van der Waals surface area contributed by atoms with Gasteiger partial charge in [0.1, 0.15) is 0 Å². The highest BCUT2D eigenvalue weighted by Crippen LogP contribution is 2.33. The maximum absolute atomic E-state index is 12.4. The predicted molar refractivity (Wildman–Crippen MR) is 78.8 cm³/mol. The molecule has 2 aliphatic rings. The van der Waals surface area contributed by atoms with Gasteiger partial charge in [0.25, 0.3) is 0 Å². The first-order chi connectivity index (χ1) is 9.65. The number of nitrogens with two attached hydrogens (primary N) is 1. The summed E-state index contributed by atoms with van der Waals surface area (Å²) >= 11 is 0. The zero-order valence-electron chi connectivity index (χ0n) is 11.8. The molecule has 0 aromatic heterocycles. The molecule has 5 heteroatoms. The van der Waals surface area contributed by atoms with Gasteiger partial charge in [0.2, 0.25) is 5.91 Å². The van der Waals surface area contributed by atoms with Crippen molar-refractivity contribution in [3.8, 4) is 0 Å². The average Bonchev–Trinajstić information content (AvgIpc) is 2.83. The highest BCUT2D eigenvalue weighted by molar-refractivity contribution is 5.85. The summed E-state index contributed by atoms with van der Waals surface area (Å²) in [4.78, 5) is 16.4. The Morgan fingerprint density at radius 1 is 1.45 bits per heavy atom. The minimum atomic E-state index is 0.128. The standard InChI is InChI=1S/C15H21N3O2/c1-11-9-17(7-8-20-11)14(19)10-18-6-5-12-3-2-4-13(16)15(12)18/h2-4,11H,5-10,16H2,1H3. The zero-order chi connectivity index (χ0) is 14.1. The number of hydrogen-bond donors (Lipinski definition) is 1. The number of para-hydroxylation sites is 1. The molecule has 0 saturated carbocycles. The van der Waals surface area contributed by atoms with Crippen LogP contribution in [0.3, 0.4) is 0 Å². The van der Waals surface area contributed by atoms with Crippen LogP contribution < -0.4 is 10.6 Å². The average molecular weight is 275 g/mol. The van der Waals surface area contributed by atoms with E-state index in [0.29, 0.717) is 26.2 Å². The summed E-state index contributed by atoms with van der Waals surface area (Å²) in [6, 6.07) is 5.97. The molecule has 1 atom stereocenters. The van der Waals surface area contributed by atoms with Crippen LogP contribution in [0.25, 0.3) is 0 Å². The lowest BCUT2D eigenvalue weighted by molar-refractivity contribution is -0.136. The van der Waals surface area contributed by atoms with Crippen LogP contribution in [0, 0.1) is 0 Å². The number of amides is 1. The van der Waals surface area contributed by atoms with Crippen molar-refractivity contribution in [2.75, 3.05) is 43.4 Å². The number of anilines is 2. The molecule has 5 nitrogen and oxygen atoms in total. The summed E-state index contributed by atoms with van der Waals surface area (Å²) in [5.41, 5.74) is 9.11. The number of ether oxygens (including phenoxy) is 1. The van der Waals surface area contributed by atoms with Crippen molar-refractivity contribution in [2.45, 2.75) is 19.4 Å². The monoisotopic (exact) mass is 275 g/mol. The number of benzene rings is 1. The van der Waals surface area contributed by atoms with E-state index in [2.05, 4.69) is 11.0 Å². The highest BCUT2D eigenvalue weighted by atomic mass is 16.5. The molecule has 1 unspecified atom stereocenters. The quantitative estimate of drug-likeness (QED) is 0.814. The van der Waals surface area contributed by atoms with E-state index < -0.39 is 0 Å². The molecule has 1 amide bonds. The maximum atomic E-state index is 12.4. The Bertz CT molecular complexity index is 518. The summed E-state index contributed by atoms with van der Waals surface area (Å²) in [7, 11) is 0. The van der Waals surface area contributed by atoms with Crippen molar-refractivity contribution in [2.24, 2.45) is 0 Å². The van der Waals surface area contributed by atoms with Crippen molar-refractivity contribution in [3.63, 3.8) is 0 Å². The molecule has 1 aromatic carbocycles. The molecule has 0 aliphatic carbocycles. The lowest BCUT2D eigenvalue weighted by Crippen LogP contribution is -2.48. The Morgan fingerprint density at radius 3 is 3.10 bits per heavy atom. The van der Waals surface area contributed by atoms with E-state index >= 15 is 0 Å². The molecule has 20 heavy (non-hydrogen) atoms. The highest BCUT2D eigenvalue weighted by Gasteiger charge is 2.27. The Morgan fingerprint density at radius 2 is 2.30 bits per heavy atom. The summed E-state index contributed by atoms with van der Waals surface area (Å²) < 4.78 is 5.48. The van der Waals surface area contributed by atoms with Gasteiger partial charge in [-0.3, -0.25) is 4.79 Å². The van der Waals surface area contributed by atoms with Gasteiger partial charge in [0.15, 0.2) is 0 Å². The molecule has 2 N–H and O–H groups in total. The van der Waals surface area contributed by atoms with Crippen molar-refractivity contribution in [1.82, 2.24) is 4.90 Å². The first kappa shape index (κ1) is 13.2. The Hall–Kier alpha value is -1.75. The first-order valence-corrected chi connectivity index (χ1v) is 7.17. The van der Waals surface area contributed by atoms with Crippen LogP contribution in [0.2, 0.25) is 0 Å². The number of carbonyl (C=O) groups excluding carboxylic acids is 1. The minimum Gasteiger partial charge on any atom is -0.397 e. The van der Waals surface area contributed by atoms with Crippen molar-refractivity contribution < 1.29 is 9.53 Å². The maximum Gasteiger partial charge on any atom is 0.242 e. The molecule has 0 spiro atoms. The van der Waals surface area contributed by atoms with Crippen LogP contribution in [0.5, 0.6) is 0 Å². The fourth-order valence-corrected chi connectivity index (χ4v) is 3.03. The number of rotatable bonds is 2.